The first-order chi connectivity index (χ1) is 11.6. The Balaban J connectivity index is 1.86. The predicted molar refractivity (Wildman–Crippen MR) is 95.2 cm³/mol. The molecule has 2 aliphatic rings. The molecule has 24 heavy (non-hydrogen) atoms. The Morgan fingerprint density at radius 3 is 2.79 bits per heavy atom. The van der Waals surface area contributed by atoms with Gasteiger partial charge in [0.2, 0.25) is 11.9 Å². The van der Waals surface area contributed by atoms with Crippen molar-refractivity contribution in [3.05, 3.63) is 11.8 Å². The second-order valence-electron chi connectivity index (χ2n) is 6.77. The van der Waals surface area contributed by atoms with Crippen molar-refractivity contribution in [2.75, 3.05) is 36.0 Å². The Labute approximate surface area is 143 Å². The number of carbonyl (C=O) groups is 1. The van der Waals surface area contributed by atoms with Crippen molar-refractivity contribution in [1.82, 2.24) is 15.3 Å². The van der Waals surface area contributed by atoms with Gasteiger partial charge in [0.05, 0.1) is 0 Å². The molecule has 7 nitrogen and oxygen atoms in total. The Morgan fingerprint density at radius 1 is 1.33 bits per heavy atom. The molecule has 3 rings (SSSR count). The zero-order valence-electron chi connectivity index (χ0n) is 14.7. The lowest BCUT2D eigenvalue weighted by Gasteiger charge is -2.29. The Kier molecular flexibility index (Phi) is 5.18. The molecule has 2 atom stereocenters. The summed E-state index contributed by atoms with van der Waals surface area (Å²) in [6.07, 6.45) is 4.30. The molecule has 1 aromatic heterocycles. The van der Waals surface area contributed by atoms with Crippen molar-refractivity contribution in [3.63, 3.8) is 0 Å². The van der Waals surface area contributed by atoms with E-state index in [2.05, 4.69) is 15.2 Å². The second kappa shape index (κ2) is 7.34. The summed E-state index contributed by atoms with van der Waals surface area (Å²) in [5, 5.41) is 2.91. The number of aromatic nitrogens is 2. The molecule has 0 unspecified atom stereocenters. The number of likely N-dealkylation sites (N-methyl/N-ethyl adjacent to an activating group) is 1. The lowest BCUT2D eigenvalue weighted by atomic mass is 10.1. The summed E-state index contributed by atoms with van der Waals surface area (Å²) >= 11 is 0. The summed E-state index contributed by atoms with van der Waals surface area (Å²) in [5.74, 6) is 1.62. The summed E-state index contributed by atoms with van der Waals surface area (Å²) in [6, 6.07) is 1.70. The van der Waals surface area contributed by atoms with E-state index in [4.69, 9.17) is 10.7 Å². The van der Waals surface area contributed by atoms with Gasteiger partial charge < -0.3 is 20.9 Å². The van der Waals surface area contributed by atoms with E-state index in [-0.39, 0.29) is 18.0 Å². The summed E-state index contributed by atoms with van der Waals surface area (Å²) in [4.78, 5) is 26.1. The van der Waals surface area contributed by atoms with Gasteiger partial charge in [-0.25, -0.2) is 4.98 Å². The molecule has 0 radical (unpaired) electrons. The van der Waals surface area contributed by atoms with Crippen molar-refractivity contribution in [2.45, 2.75) is 51.6 Å². The van der Waals surface area contributed by atoms with Crippen LogP contribution in [0.3, 0.4) is 0 Å². The van der Waals surface area contributed by atoms with E-state index in [9.17, 15) is 4.79 Å². The van der Waals surface area contributed by atoms with Crippen LogP contribution in [0.5, 0.6) is 0 Å². The minimum absolute atomic E-state index is 0.00804. The van der Waals surface area contributed by atoms with Gasteiger partial charge in [-0.2, -0.15) is 4.98 Å². The number of carbonyl (C=O) groups excluding carboxylic acids is 1. The number of rotatable bonds is 4. The molecule has 1 amide bonds. The van der Waals surface area contributed by atoms with Crippen molar-refractivity contribution >= 4 is 17.7 Å². The lowest BCUT2D eigenvalue weighted by Crippen LogP contribution is -2.44. The van der Waals surface area contributed by atoms with Crippen LogP contribution >= 0.6 is 0 Å². The summed E-state index contributed by atoms with van der Waals surface area (Å²) < 4.78 is 0. The Morgan fingerprint density at radius 2 is 2.08 bits per heavy atom. The number of hydrogen-bond donors (Lipinski definition) is 2. The van der Waals surface area contributed by atoms with E-state index in [1.165, 1.54) is 19.3 Å². The van der Waals surface area contributed by atoms with Crippen LogP contribution in [-0.4, -0.2) is 54.1 Å². The van der Waals surface area contributed by atoms with Gasteiger partial charge in [-0.15, -0.1) is 0 Å². The maximum atomic E-state index is 12.4. The maximum Gasteiger partial charge on any atom is 0.242 e. The maximum absolute atomic E-state index is 12.4. The van der Waals surface area contributed by atoms with Gasteiger partial charge in [0.25, 0.3) is 0 Å². The summed E-state index contributed by atoms with van der Waals surface area (Å²) in [7, 11) is 0. The summed E-state index contributed by atoms with van der Waals surface area (Å²) in [6.45, 7) is 7.19. The average molecular weight is 332 g/mol. The van der Waals surface area contributed by atoms with Gasteiger partial charge in [-0.3, -0.25) is 4.79 Å². The number of nitrogens with zero attached hydrogens (tertiary/aromatic N) is 4. The SMILES string of the molecule is CCNC(=O)[C@@H]1C[C@@H](N)CN1c1cc(C)nc(N2CCCCC2)n1. The molecule has 0 aromatic carbocycles. The summed E-state index contributed by atoms with van der Waals surface area (Å²) in [5.41, 5.74) is 7.06. The highest BCUT2D eigenvalue weighted by molar-refractivity contribution is 5.85. The molecule has 132 valence electrons. The number of hydrogen-bond acceptors (Lipinski definition) is 6. The molecule has 7 heteroatoms. The predicted octanol–water partition coefficient (Wildman–Crippen LogP) is 0.817. The van der Waals surface area contributed by atoms with Gasteiger partial charge in [-0.05, 0) is 39.5 Å². The second-order valence-corrected chi connectivity index (χ2v) is 6.77. The minimum Gasteiger partial charge on any atom is -0.355 e. The highest BCUT2D eigenvalue weighted by Crippen LogP contribution is 2.26. The van der Waals surface area contributed by atoms with Crippen LogP contribution in [0.25, 0.3) is 0 Å². The van der Waals surface area contributed by atoms with Gasteiger partial charge in [0.15, 0.2) is 0 Å². The Bertz CT molecular complexity index is 586. The number of nitrogens with one attached hydrogen (secondary N) is 1. The molecule has 2 saturated heterocycles. The third kappa shape index (κ3) is 3.61. The smallest absolute Gasteiger partial charge is 0.242 e. The number of nitrogens with two attached hydrogens (primary N) is 1. The van der Waals surface area contributed by atoms with E-state index < -0.39 is 0 Å². The largest absolute Gasteiger partial charge is 0.355 e. The number of amides is 1. The van der Waals surface area contributed by atoms with Crippen LogP contribution in [0.15, 0.2) is 6.07 Å². The third-order valence-corrected chi connectivity index (χ3v) is 4.75. The molecule has 3 heterocycles. The molecule has 2 fully saturated rings. The van der Waals surface area contributed by atoms with Crippen LogP contribution < -0.4 is 20.9 Å². The Hall–Kier alpha value is -1.89. The van der Waals surface area contributed by atoms with E-state index in [1.807, 2.05) is 24.8 Å². The van der Waals surface area contributed by atoms with E-state index in [0.717, 1.165) is 30.5 Å². The first kappa shape index (κ1) is 17.0. The fourth-order valence-corrected chi connectivity index (χ4v) is 3.58. The monoisotopic (exact) mass is 332 g/mol. The zero-order chi connectivity index (χ0) is 17.1. The number of piperidine rings is 1. The minimum atomic E-state index is -0.247. The highest BCUT2D eigenvalue weighted by atomic mass is 16.2. The van der Waals surface area contributed by atoms with Crippen molar-refractivity contribution < 1.29 is 4.79 Å². The topological polar surface area (TPSA) is 87.4 Å². The molecule has 3 N–H and O–H groups in total. The molecule has 1 aromatic rings. The zero-order valence-corrected chi connectivity index (χ0v) is 14.7. The van der Waals surface area contributed by atoms with Gasteiger partial charge in [0.1, 0.15) is 11.9 Å². The number of anilines is 2. The third-order valence-electron chi connectivity index (χ3n) is 4.75. The van der Waals surface area contributed by atoms with E-state index in [1.54, 1.807) is 0 Å². The molecule has 0 spiro atoms. The van der Waals surface area contributed by atoms with Gasteiger partial charge in [-0.1, -0.05) is 0 Å². The molecular weight excluding hydrogens is 304 g/mol. The molecule has 0 aliphatic carbocycles. The fourth-order valence-electron chi connectivity index (χ4n) is 3.58. The van der Waals surface area contributed by atoms with Crippen LogP contribution in [0, 0.1) is 6.92 Å². The standard InChI is InChI=1S/C17H28N6O/c1-3-19-16(24)14-10-13(18)11-23(14)15-9-12(2)20-17(21-15)22-7-5-4-6-8-22/h9,13-14H,3-8,10-11,18H2,1-2H3,(H,19,24)/t13-,14+/m1/s1. The first-order valence-corrected chi connectivity index (χ1v) is 8.99. The first-order valence-electron chi connectivity index (χ1n) is 8.99. The van der Waals surface area contributed by atoms with E-state index in [0.29, 0.717) is 19.5 Å². The van der Waals surface area contributed by atoms with E-state index >= 15 is 0 Å². The van der Waals surface area contributed by atoms with Crippen LogP contribution in [0.2, 0.25) is 0 Å². The van der Waals surface area contributed by atoms with Gasteiger partial charge >= 0.3 is 0 Å². The lowest BCUT2D eigenvalue weighted by molar-refractivity contribution is -0.122. The van der Waals surface area contributed by atoms with Crippen LogP contribution in [0.1, 0.15) is 38.3 Å². The normalized spacial score (nSPS) is 24.3. The van der Waals surface area contributed by atoms with Crippen molar-refractivity contribution in [3.8, 4) is 0 Å². The quantitative estimate of drug-likeness (QED) is 0.849. The van der Waals surface area contributed by atoms with Crippen molar-refractivity contribution in [1.29, 1.82) is 0 Å². The average Bonchev–Trinajstić information content (AvgIpc) is 2.97. The number of aryl methyl sites for hydroxylation is 1. The van der Waals surface area contributed by atoms with Crippen molar-refractivity contribution in [2.24, 2.45) is 5.73 Å². The highest BCUT2D eigenvalue weighted by Gasteiger charge is 2.36. The van der Waals surface area contributed by atoms with Gasteiger partial charge in [0, 0.05) is 44.0 Å². The molecular formula is C17H28N6O. The molecule has 2 aliphatic heterocycles. The fraction of sp³-hybridized carbons (Fsp3) is 0.706. The van der Waals surface area contributed by atoms with Crippen LogP contribution in [-0.2, 0) is 4.79 Å². The molecule has 0 saturated carbocycles. The van der Waals surface area contributed by atoms with Crippen LogP contribution in [0.4, 0.5) is 11.8 Å². The molecule has 0 bridgehead atoms.